The van der Waals surface area contributed by atoms with Crippen molar-refractivity contribution in [2.75, 3.05) is 5.73 Å². The molecule has 0 spiro atoms. The van der Waals surface area contributed by atoms with Crippen LogP contribution in [0.1, 0.15) is 31.1 Å². The van der Waals surface area contributed by atoms with Gasteiger partial charge in [-0.3, -0.25) is 0 Å². The van der Waals surface area contributed by atoms with Crippen LogP contribution in [0.2, 0.25) is 0 Å². The van der Waals surface area contributed by atoms with E-state index in [9.17, 15) is 0 Å². The van der Waals surface area contributed by atoms with E-state index >= 15 is 0 Å². The van der Waals surface area contributed by atoms with Gasteiger partial charge >= 0.3 is 0 Å². The highest BCUT2D eigenvalue weighted by atomic mass is 16.5. The van der Waals surface area contributed by atoms with Crippen molar-refractivity contribution in [3.63, 3.8) is 0 Å². The maximum atomic E-state index is 5.97. The van der Waals surface area contributed by atoms with E-state index in [0.29, 0.717) is 12.6 Å². The normalized spacial score (nSPS) is 11.3. The molecule has 0 unspecified atom stereocenters. The summed E-state index contributed by atoms with van der Waals surface area (Å²) in [6.07, 6.45) is 0. The molecule has 2 N–H and O–H groups in total. The molecule has 1 aromatic heterocycles. The first-order valence-corrected chi connectivity index (χ1v) is 7.63. The van der Waals surface area contributed by atoms with Crippen molar-refractivity contribution in [1.29, 1.82) is 0 Å². The molecule has 0 fully saturated rings. The van der Waals surface area contributed by atoms with Gasteiger partial charge in [-0.15, -0.1) is 0 Å². The lowest BCUT2D eigenvalue weighted by Gasteiger charge is -2.15. The molecule has 0 atom stereocenters. The summed E-state index contributed by atoms with van der Waals surface area (Å²) in [5.41, 5.74) is 10.3. The van der Waals surface area contributed by atoms with Crippen LogP contribution in [-0.4, -0.2) is 4.57 Å². The summed E-state index contributed by atoms with van der Waals surface area (Å²) in [6.45, 7) is 6.98. The summed E-state index contributed by atoms with van der Waals surface area (Å²) < 4.78 is 8.26. The van der Waals surface area contributed by atoms with Crippen LogP contribution in [0.3, 0.4) is 0 Å². The van der Waals surface area contributed by atoms with Crippen molar-refractivity contribution < 1.29 is 4.74 Å². The minimum absolute atomic E-state index is 0.357. The smallest absolute Gasteiger partial charge is 0.128 e. The molecule has 0 bridgehead atoms. The van der Waals surface area contributed by atoms with Crippen LogP contribution >= 0.6 is 0 Å². The summed E-state index contributed by atoms with van der Waals surface area (Å²) in [4.78, 5) is 0. The van der Waals surface area contributed by atoms with Gasteiger partial charge in [0.15, 0.2) is 0 Å². The van der Waals surface area contributed by atoms with E-state index < -0.39 is 0 Å². The van der Waals surface area contributed by atoms with Crippen molar-refractivity contribution in [3.05, 3.63) is 59.8 Å². The van der Waals surface area contributed by atoms with E-state index in [4.69, 9.17) is 10.5 Å². The van der Waals surface area contributed by atoms with Crippen LogP contribution in [0.25, 0.3) is 10.9 Å². The molecule has 3 nitrogen and oxygen atoms in total. The van der Waals surface area contributed by atoms with E-state index in [2.05, 4.69) is 49.6 Å². The molecule has 1 heterocycles. The summed E-state index contributed by atoms with van der Waals surface area (Å²) in [6, 6.07) is 16.7. The monoisotopic (exact) mass is 294 g/mol. The summed E-state index contributed by atoms with van der Waals surface area (Å²) in [7, 11) is 0. The van der Waals surface area contributed by atoms with Gasteiger partial charge in [-0.05, 0) is 56.7 Å². The van der Waals surface area contributed by atoms with Gasteiger partial charge in [0, 0.05) is 17.1 Å². The number of hydrogen-bond acceptors (Lipinski definition) is 2. The van der Waals surface area contributed by atoms with Gasteiger partial charge in [0.25, 0.3) is 0 Å². The molecule has 2 aromatic carbocycles. The second-order valence-corrected chi connectivity index (χ2v) is 6.02. The number of anilines is 1. The van der Waals surface area contributed by atoms with E-state index in [-0.39, 0.29) is 0 Å². The Hall–Kier alpha value is -2.42. The second-order valence-electron chi connectivity index (χ2n) is 6.02. The van der Waals surface area contributed by atoms with Gasteiger partial charge in [-0.25, -0.2) is 0 Å². The van der Waals surface area contributed by atoms with Gasteiger partial charge in [0.1, 0.15) is 12.4 Å². The molecule has 114 valence electrons. The van der Waals surface area contributed by atoms with E-state index in [1.54, 1.807) is 0 Å². The lowest BCUT2D eigenvalue weighted by Crippen LogP contribution is -2.08. The number of fused-ring (bicyclic) bond motifs is 1. The maximum Gasteiger partial charge on any atom is 0.128 e. The molecule has 0 radical (unpaired) electrons. The molecule has 3 heteroatoms. The Balaban J connectivity index is 1.94. The second kappa shape index (κ2) is 5.76. The Labute approximate surface area is 131 Å². The first-order chi connectivity index (χ1) is 10.5. The molecule has 3 aromatic rings. The molecule has 22 heavy (non-hydrogen) atoms. The standard InChI is InChI=1S/C19H22N2O/c1-13(2)21-17(10-15-7-8-16(20)11-19(15)21)12-22-18-6-4-5-14(3)9-18/h4-11,13H,12,20H2,1-3H3. The van der Waals surface area contributed by atoms with Crippen LogP contribution in [0, 0.1) is 6.92 Å². The number of nitrogen functional groups attached to an aromatic ring is 1. The SMILES string of the molecule is Cc1cccc(OCc2cc3ccc(N)cc3n2C(C)C)c1. The Morgan fingerprint density at radius 1 is 1.09 bits per heavy atom. The highest BCUT2D eigenvalue weighted by molar-refractivity contribution is 5.84. The van der Waals surface area contributed by atoms with Gasteiger partial charge in [0.05, 0.1) is 11.2 Å². The minimum Gasteiger partial charge on any atom is -0.487 e. The van der Waals surface area contributed by atoms with E-state index in [0.717, 1.165) is 22.6 Å². The van der Waals surface area contributed by atoms with Crippen molar-refractivity contribution in [2.24, 2.45) is 0 Å². The zero-order valence-corrected chi connectivity index (χ0v) is 13.3. The Bertz CT molecular complexity index is 802. The topological polar surface area (TPSA) is 40.2 Å². The first-order valence-electron chi connectivity index (χ1n) is 7.63. The number of ether oxygens (including phenoxy) is 1. The Kier molecular flexibility index (Phi) is 3.80. The number of aryl methyl sites for hydroxylation is 1. The fourth-order valence-corrected chi connectivity index (χ4v) is 2.88. The van der Waals surface area contributed by atoms with Gasteiger partial charge in [-0.2, -0.15) is 0 Å². The van der Waals surface area contributed by atoms with E-state index in [1.807, 2.05) is 24.3 Å². The highest BCUT2D eigenvalue weighted by Gasteiger charge is 2.12. The summed E-state index contributed by atoms with van der Waals surface area (Å²) in [5, 5.41) is 1.20. The van der Waals surface area contributed by atoms with Crippen LogP contribution in [0.15, 0.2) is 48.5 Å². The molecule has 0 aliphatic carbocycles. The third-order valence-corrected chi connectivity index (χ3v) is 3.84. The van der Waals surface area contributed by atoms with Crippen LogP contribution in [0.5, 0.6) is 5.75 Å². The molecule has 3 rings (SSSR count). The quantitative estimate of drug-likeness (QED) is 0.709. The number of benzene rings is 2. The first kappa shape index (κ1) is 14.5. The predicted octanol–water partition coefficient (Wildman–Crippen LogP) is 4.69. The number of aromatic nitrogens is 1. The zero-order chi connectivity index (χ0) is 15.7. The fraction of sp³-hybridized carbons (Fsp3) is 0.263. The summed E-state index contributed by atoms with van der Waals surface area (Å²) >= 11 is 0. The van der Waals surface area contributed by atoms with Gasteiger partial charge < -0.3 is 15.0 Å². The lowest BCUT2D eigenvalue weighted by atomic mass is 10.2. The maximum absolute atomic E-state index is 5.97. The van der Waals surface area contributed by atoms with Crippen LogP contribution < -0.4 is 10.5 Å². The predicted molar refractivity (Wildman–Crippen MR) is 92.2 cm³/mol. The number of hydrogen-bond donors (Lipinski definition) is 1. The van der Waals surface area contributed by atoms with Gasteiger partial charge in [0.2, 0.25) is 0 Å². The van der Waals surface area contributed by atoms with Crippen molar-refractivity contribution >= 4 is 16.6 Å². The van der Waals surface area contributed by atoms with Crippen molar-refractivity contribution in [2.45, 2.75) is 33.4 Å². The molecule has 0 aliphatic rings. The number of nitrogens with two attached hydrogens (primary N) is 1. The van der Waals surface area contributed by atoms with Crippen LogP contribution in [-0.2, 0) is 6.61 Å². The molecule has 0 saturated carbocycles. The minimum atomic E-state index is 0.357. The summed E-state index contributed by atoms with van der Waals surface area (Å²) in [5.74, 6) is 0.903. The lowest BCUT2D eigenvalue weighted by molar-refractivity contribution is 0.293. The molecular formula is C19H22N2O. The number of rotatable bonds is 4. The molecule has 0 aliphatic heterocycles. The third-order valence-electron chi connectivity index (χ3n) is 3.84. The molecular weight excluding hydrogens is 272 g/mol. The van der Waals surface area contributed by atoms with Crippen molar-refractivity contribution in [3.8, 4) is 5.75 Å². The Morgan fingerprint density at radius 3 is 2.64 bits per heavy atom. The van der Waals surface area contributed by atoms with E-state index in [1.165, 1.54) is 10.9 Å². The third kappa shape index (κ3) is 2.80. The molecule has 0 saturated heterocycles. The Morgan fingerprint density at radius 2 is 1.91 bits per heavy atom. The average Bonchev–Trinajstić information content (AvgIpc) is 2.83. The average molecular weight is 294 g/mol. The van der Waals surface area contributed by atoms with Crippen LogP contribution in [0.4, 0.5) is 5.69 Å². The largest absolute Gasteiger partial charge is 0.487 e. The zero-order valence-electron chi connectivity index (χ0n) is 13.3. The number of nitrogens with zero attached hydrogens (tertiary/aromatic N) is 1. The highest BCUT2D eigenvalue weighted by Crippen LogP contribution is 2.27. The molecule has 0 amide bonds. The van der Waals surface area contributed by atoms with Gasteiger partial charge in [-0.1, -0.05) is 18.2 Å². The van der Waals surface area contributed by atoms with Crippen molar-refractivity contribution in [1.82, 2.24) is 4.57 Å². The fourth-order valence-electron chi connectivity index (χ4n) is 2.88.